The molecule has 3 rings (SSSR count). The first-order valence-corrected chi connectivity index (χ1v) is 7.97. The van der Waals surface area contributed by atoms with Crippen LogP contribution in [0.2, 0.25) is 0 Å². The molecule has 1 atom stereocenters. The van der Waals surface area contributed by atoms with Gasteiger partial charge in [-0.05, 0) is 70.4 Å². The van der Waals surface area contributed by atoms with Crippen molar-refractivity contribution in [1.29, 1.82) is 5.26 Å². The van der Waals surface area contributed by atoms with Crippen molar-refractivity contribution in [3.05, 3.63) is 50.1 Å². The lowest BCUT2D eigenvalue weighted by Crippen LogP contribution is -2.15. The van der Waals surface area contributed by atoms with Crippen LogP contribution in [0.3, 0.4) is 0 Å². The lowest BCUT2D eigenvalue weighted by molar-refractivity contribution is 0.608. The molecule has 1 heterocycles. The van der Waals surface area contributed by atoms with Gasteiger partial charge in [0.1, 0.15) is 0 Å². The van der Waals surface area contributed by atoms with E-state index in [0.29, 0.717) is 11.6 Å². The van der Waals surface area contributed by atoms with Crippen LogP contribution < -0.4 is 5.32 Å². The molecule has 0 spiro atoms. The van der Waals surface area contributed by atoms with Gasteiger partial charge in [-0.15, -0.1) is 11.3 Å². The summed E-state index contributed by atoms with van der Waals surface area (Å²) in [6.07, 6.45) is 3.61. The number of nitrogens with one attached hydrogen (secondary N) is 1. The molecule has 0 fully saturated rings. The lowest BCUT2D eigenvalue weighted by Gasteiger charge is -2.25. The Kier molecular flexibility index (Phi) is 3.58. The molecule has 1 aromatic heterocycles. The Bertz CT molecular complexity index is 642. The zero-order valence-electron chi connectivity index (χ0n) is 10.3. The van der Waals surface area contributed by atoms with Gasteiger partial charge >= 0.3 is 0 Å². The summed E-state index contributed by atoms with van der Waals surface area (Å²) in [6, 6.07) is 10.5. The molecule has 1 aromatic carbocycles. The number of halogens is 1. The maximum absolute atomic E-state index is 8.89. The molecule has 19 heavy (non-hydrogen) atoms. The molecule has 1 N–H and O–H groups in total. The largest absolute Gasteiger partial charge is 0.377 e. The maximum atomic E-state index is 8.89. The number of nitrogens with zero attached hydrogens (tertiary/aromatic N) is 1. The average Bonchev–Trinajstić information content (AvgIpc) is 2.90. The van der Waals surface area contributed by atoms with E-state index in [1.54, 1.807) is 0 Å². The Labute approximate surface area is 125 Å². The van der Waals surface area contributed by atoms with Crippen molar-refractivity contribution in [2.45, 2.75) is 25.3 Å². The van der Waals surface area contributed by atoms with Crippen molar-refractivity contribution < 1.29 is 0 Å². The van der Waals surface area contributed by atoms with Gasteiger partial charge < -0.3 is 5.32 Å². The van der Waals surface area contributed by atoms with Crippen molar-refractivity contribution in [2.24, 2.45) is 0 Å². The van der Waals surface area contributed by atoms with E-state index < -0.39 is 0 Å². The summed E-state index contributed by atoms with van der Waals surface area (Å²) in [5, 5.41) is 14.7. The van der Waals surface area contributed by atoms with Crippen LogP contribution in [0.4, 0.5) is 5.69 Å². The monoisotopic (exact) mass is 332 g/mol. The second-order valence-corrected chi connectivity index (χ2v) is 6.55. The van der Waals surface area contributed by atoms with Crippen LogP contribution in [0.25, 0.3) is 0 Å². The number of aryl methyl sites for hydroxylation is 1. The van der Waals surface area contributed by atoms with Gasteiger partial charge in [0.05, 0.1) is 17.7 Å². The van der Waals surface area contributed by atoms with Gasteiger partial charge in [0, 0.05) is 15.0 Å². The zero-order valence-corrected chi connectivity index (χ0v) is 12.7. The Morgan fingerprint density at radius 2 is 2.26 bits per heavy atom. The summed E-state index contributed by atoms with van der Waals surface area (Å²) in [7, 11) is 0. The van der Waals surface area contributed by atoms with E-state index in [4.69, 9.17) is 5.26 Å². The van der Waals surface area contributed by atoms with Crippen LogP contribution in [0.5, 0.6) is 0 Å². The Balaban J connectivity index is 1.86. The van der Waals surface area contributed by atoms with Crippen molar-refractivity contribution in [3.8, 4) is 6.07 Å². The SMILES string of the molecule is N#Cc1ccc(NC2CCCc3sccc32)c(Br)c1. The minimum Gasteiger partial charge on any atom is -0.377 e. The topological polar surface area (TPSA) is 35.8 Å². The van der Waals surface area contributed by atoms with Crippen LogP contribution >= 0.6 is 27.3 Å². The average molecular weight is 333 g/mol. The van der Waals surface area contributed by atoms with Gasteiger partial charge in [-0.1, -0.05) is 0 Å². The third-order valence-electron chi connectivity index (χ3n) is 3.48. The Morgan fingerprint density at radius 3 is 3.05 bits per heavy atom. The molecule has 1 aliphatic rings. The molecule has 0 saturated heterocycles. The van der Waals surface area contributed by atoms with E-state index in [2.05, 4.69) is 38.8 Å². The second-order valence-electron chi connectivity index (χ2n) is 4.69. The first kappa shape index (κ1) is 12.7. The molecule has 2 aromatic rings. The fourth-order valence-electron chi connectivity index (χ4n) is 2.53. The molecule has 0 aliphatic heterocycles. The number of benzene rings is 1. The van der Waals surface area contributed by atoms with E-state index >= 15 is 0 Å². The fourth-order valence-corrected chi connectivity index (χ4v) is 4.01. The standard InChI is InChI=1S/C15H13BrN2S/c16-12-8-10(9-17)4-5-14(12)18-13-2-1-3-15-11(13)6-7-19-15/h4-8,13,18H,1-3H2. The van der Waals surface area contributed by atoms with E-state index in [-0.39, 0.29) is 0 Å². The van der Waals surface area contributed by atoms with E-state index in [1.807, 2.05) is 29.5 Å². The highest BCUT2D eigenvalue weighted by Gasteiger charge is 2.21. The fraction of sp³-hybridized carbons (Fsp3) is 0.267. The number of rotatable bonds is 2. The van der Waals surface area contributed by atoms with Crippen molar-refractivity contribution in [1.82, 2.24) is 0 Å². The summed E-state index contributed by atoms with van der Waals surface area (Å²) in [5.74, 6) is 0. The third kappa shape index (κ3) is 2.54. The van der Waals surface area contributed by atoms with Crippen molar-refractivity contribution >= 4 is 33.0 Å². The minimum atomic E-state index is 0.388. The Hall–Kier alpha value is -1.31. The summed E-state index contributed by atoms with van der Waals surface area (Å²) < 4.78 is 0.953. The molecule has 0 radical (unpaired) electrons. The molecule has 4 heteroatoms. The number of hydrogen-bond acceptors (Lipinski definition) is 3. The van der Waals surface area contributed by atoms with E-state index in [0.717, 1.165) is 16.6 Å². The van der Waals surface area contributed by atoms with Gasteiger partial charge in [0.15, 0.2) is 0 Å². The van der Waals surface area contributed by atoms with E-state index in [1.165, 1.54) is 23.3 Å². The van der Waals surface area contributed by atoms with Gasteiger partial charge in [-0.3, -0.25) is 0 Å². The van der Waals surface area contributed by atoms with Crippen LogP contribution in [0.1, 0.15) is 34.9 Å². The molecule has 0 saturated carbocycles. The predicted molar refractivity (Wildman–Crippen MR) is 82.5 cm³/mol. The first-order valence-electron chi connectivity index (χ1n) is 6.30. The van der Waals surface area contributed by atoms with Gasteiger partial charge in [0.25, 0.3) is 0 Å². The molecule has 1 unspecified atom stereocenters. The summed E-state index contributed by atoms with van der Waals surface area (Å²) in [5.41, 5.74) is 3.17. The Morgan fingerprint density at radius 1 is 1.37 bits per heavy atom. The molecule has 1 aliphatic carbocycles. The van der Waals surface area contributed by atoms with Crippen LogP contribution in [0.15, 0.2) is 34.1 Å². The zero-order chi connectivity index (χ0) is 13.2. The molecule has 96 valence electrons. The quantitative estimate of drug-likeness (QED) is 0.851. The highest BCUT2D eigenvalue weighted by atomic mass is 79.9. The third-order valence-corrected chi connectivity index (χ3v) is 5.13. The number of thiophene rings is 1. The highest BCUT2D eigenvalue weighted by Crippen LogP contribution is 2.37. The molecule has 2 nitrogen and oxygen atoms in total. The number of fused-ring (bicyclic) bond motifs is 1. The predicted octanol–water partition coefficient (Wildman–Crippen LogP) is 4.87. The first-order chi connectivity index (χ1) is 9.28. The van der Waals surface area contributed by atoms with E-state index in [9.17, 15) is 0 Å². The molecular weight excluding hydrogens is 320 g/mol. The van der Waals surface area contributed by atoms with Gasteiger partial charge in [-0.2, -0.15) is 5.26 Å². The number of anilines is 1. The summed E-state index contributed by atoms with van der Waals surface area (Å²) in [4.78, 5) is 1.51. The normalized spacial score (nSPS) is 17.6. The second kappa shape index (κ2) is 5.36. The van der Waals surface area contributed by atoms with Gasteiger partial charge in [0.2, 0.25) is 0 Å². The van der Waals surface area contributed by atoms with Crippen LogP contribution in [-0.4, -0.2) is 0 Å². The molecular formula is C15H13BrN2S. The lowest BCUT2D eigenvalue weighted by atomic mass is 9.94. The van der Waals surface area contributed by atoms with Gasteiger partial charge in [-0.25, -0.2) is 0 Å². The summed E-state index contributed by atoms with van der Waals surface area (Å²) in [6.45, 7) is 0. The van der Waals surface area contributed by atoms with Crippen LogP contribution in [0, 0.1) is 11.3 Å². The smallest absolute Gasteiger partial charge is 0.0992 e. The number of nitriles is 1. The van der Waals surface area contributed by atoms with Crippen molar-refractivity contribution in [3.63, 3.8) is 0 Å². The minimum absolute atomic E-state index is 0.388. The maximum Gasteiger partial charge on any atom is 0.0992 e. The molecule has 0 bridgehead atoms. The highest BCUT2D eigenvalue weighted by molar-refractivity contribution is 9.10. The van der Waals surface area contributed by atoms with Crippen molar-refractivity contribution in [2.75, 3.05) is 5.32 Å². The molecule has 0 amide bonds. The van der Waals surface area contributed by atoms with Crippen LogP contribution in [-0.2, 0) is 6.42 Å². The summed E-state index contributed by atoms with van der Waals surface area (Å²) >= 11 is 5.39. The number of hydrogen-bond donors (Lipinski definition) is 1.